The first-order valence-electron chi connectivity index (χ1n) is 6.64. The lowest BCUT2D eigenvalue weighted by Crippen LogP contribution is -2.33. The van der Waals surface area contributed by atoms with Gasteiger partial charge in [-0.3, -0.25) is 0 Å². The van der Waals surface area contributed by atoms with Crippen molar-refractivity contribution in [1.82, 2.24) is 0 Å². The molecule has 2 nitrogen and oxygen atoms in total. The van der Waals surface area contributed by atoms with E-state index in [2.05, 4.69) is 0 Å². The quantitative estimate of drug-likeness (QED) is 0.926. The van der Waals surface area contributed by atoms with E-state index < -0.39 is 11.7 Å². The molecule has 1 aliphatic rings. The summed E-state index contributed by atoms with van der Waals surface area (Å²) in [4.78, 5) is 1.77. The lowest BCUT2D eigenvalue weighted by Gasteiger charge is -2.29. The van der Waals surface area contributed by atoms with Gasteiger partial charge in [0, 0.05) is 24.5 Å². The SMILES string of the molecule is CN(c1ccc(CCN)cc1C(F)(F)F)C1CCSC1. The summed E-state index contributed by atoms with van der Waals surface area (Å²) in [6.45, 7) is 0.353. The molecule has 112 valence electrons. The van der Waals surface area contributed by atoms with Crippen LogP contribution >= 0.6 is 11.8 Å². The first-order chi connectivity index (χ1) is 9.43. The number of hydrogen-bond acceptors (Lipinski definition) is 3. The molecule has 1 fully saturated rings. The van der Waals surface area contributed by atoms with Crippen LogP contribution in [0.3, 0.4) is 0 Å². The van der Waals surface area contributed by atoms with Crippen LogP contribution in [-0.4, -0.2) is 31.1 Å². The molecule has 0 spiro atoms. The van der Waals surface area contributed by atoms with Gasteiger partial charge in [-0.2, -0.15) is 24.9 Å². The van der Waals surface area contributed by atoms with E-state index in [-0.39, 0.29) is 11.7 Å². The Morgan fingerprint density at radius 2 is 2.15 bits per heavy atom. The van der Waals surface area contributed by atoms with Crippen LogP contribution in [0.1, 0.15) is 17.5 Å². The average Bonchev–Trinajstić information content (AvgIpc) is 2.91. The van der Waals surface area contributed by atoms with E-state index in [1.165, 1.54) is 6.07 Å². The van der Waals surface area contributed by atoms with E-state index >= 15 is 0 Å². The van der Waals surface area contributed by atoms with Crippen molar-refractivity contribution in [3.05, 3.63) is 29.3 Å². The number of thioether (sulfide) groups is 1. The van der Waals surface area contributed by atoms with E-state index in [9.17, 15) is 13.2 Å². The van der Waals surface area contributed by atoms with E-state index in [1.807, 2.05) is 0 Å². The maximum Gasteiger partial charge on any atom is 0.418 e. The monoisotopic (exact) mass is 304 g/mol. The van der Waals surface area contributed by atoms with Crippen LogP contribution in [0.25, 0.3) is 0 Å². The van der Waals surface area contributed by atoms with Crippen molar-refractivity contribution in [3.8, 4) is 0 Å². The first kappa shape index (κ1) is 15.5. The second kappa shape index (κ2) is 6.26. The van der Waals surface area contributed by atoms with Gasteiger partial charge in [-0.15, -0.1) is 0 Å². The molecule has 1 unspecified atom stereocenters. The molecule has 1 saturated heterocycles. The molecular weight excluding hydrogens is 285 g/mol. The van der Waals surface area contributed by atoms with Crippen LogP contribution < -0.4 is 10.6 Å². The van der Waals surface area contributed by atoms with Crippen LogP contribution in [-0.2, 0) is 12.6 Å². The zero-order valence-electron chi connectivity index (χ0n) is 11.4. The minimum absolute atomic E-state index is 0.182. The van der Waals surface area contributed by atoms with Gasteiger partial charge >= 0.3 is 6.18 Å². The third kappa shape index (κ3) is 3.41. The van der Waals surface area contributed by atoms with E-state index in [0.717, 1.165) is 17.9 Å². The molecule has 2 rings (SSSR count). The highest BCUT2D eigenvalue weighted by Crippen LogP contribution is 2.38. The predicted molar refractivity (Wildman–Crippen MR) is 78.3 cm³/mol. The maximum atomic E-state index is 13.3. The van der Waals surface area contributed by atoms with Crippen molar-refractivity contribution in [2.24, 2.45) is 5.73 Å². The van der Waals surface area contributed by atoms with Crippen molar-refractivity contribution < 1.29 is 13.2 Å². The summed E-state index contributed by atoms with van der Waals surface area (Å²) in [6, 6.07) is 4.75. The summed E-state index contributed by atoms with van der Waals surface area (Å²) in [5.74, 6) is 1.90. The number of halogens is 3. The van der Waals surface area contributed by atoms with Crippen LogP contribution in [0.15, 0.2) is 18.2 Å². The minimum Gasteiger partial charge on any atom is -0.370 e. The minimum atomic E-state index is -4.33. The number of anilines is 1. The molecule has 6 heteroatoms. The second-order valence-corrected chi connectivity index (χ2v) is 6.17. The standard InChI is InChI=1S/C14H19F3N2S/c1-19(11-5-7-20-9-11)13-3-2-10(4-6-18)8-12(13)14(15,16)17/h2-3,8,11H,4-7,9,18H2,1H3. The highest BCUT2D eigenvalue weighted by Gasteiger charge is 2.36. The molecule has 0 bridgehead atoms. The van der Waals surface area contributed by atoms with Gasteiger partial charge in [0.25, 0.3) is 0 Å². The molecule has 1 aromatic rings. The fraction of sp³-hybridized carbons (Fsp3) is 0.571. The predicted octanol–water partition coefficient (Wildman–Crippen LogP) is 3.15. The third-order valence-corrected chi connectivity index (χ3v) is 4.78. The van der Waals surface area contributed by atoms with Gasteiger partial charge in [0.2, 0.25) is 0 Å². The van der Waals surface area contributed by atoms with Crippen molar-refractivity contribution >= 4 is 17.4 Å². The number of rotatable bonds is 4. The Morgan fingerprint density at radius 1 is 1.40 bits per heavy atom. The largest absolute Gasteiger partial charge is 0.418 e. The molecule has 1 heterocycles. The number of benzene rings is 1. The Kier molecular flexibility index (Phi) is 4.86. The summed E-state index contributed by atoms with van der Waals surface area (Å²) in [5.41, 5.74) is 5.78. The third-order valence-electron chi connectivity index (χ3n) is 3.63. The number of alkyl halides is 3. The fourth-order valence-electron chi connectivity index (χ4n) is 2.46. The summed E-state index contributed by atoms with van der Waals surface area (Å²) in [6.07, 6.45) is -2.94. The molecule has 0 radical (unpaired) electrons. The first-order valence-corrected chi connectivity index (χ1v) is 7.79. The van der Waals surface area contributed by atoms with Gasteiger partial charge in [0.1, 0.15) is 0 Å². The van der Waals surface area contributed by atoms with Crippen LogP contribution in [0.5, 0.6) is 0 Å². The smallest absolute Gasteiger partial charge is 0.370 e. The number of hydrogen-bond donors (Lipinski definition) is 1. The molecule has 2 N–H and O–H groups in total. The molecule has 1 aromatic carbocycles. The Hall–Kier alpha value is -0.880. The second-order valence-electron chi connectivity index (χ2n) is 5.02. The molecule has 1 aliphatic heterocycles. The van der Waals surface area contributed by atoms with E-state index in [0.29, 0.717) is 18.5 Å². The van der Waals surface area contributed by atoms with Gasteiger partial charge in [-0.25, -0.2) is 0 Å². The van der Waals surface area contributed by atoms with Gasteiger partial charge in [0.05, 0.1) is 5.56 Å². The number of nitrogens with two attached hydrogens (primary N) is 1. The lowest BCUT2D eigenvalue weighted by molar-refractivity contribution is -0.137. The molecule has 0 saturated carbocycles. The molecule has 0 aliphatic carbocycles. The molecule has 0 amide bonds. The molecule has 0 aromatic heterocycles. The van der Waals surface area contributed by atoms with E-state index in [4.69, 9.17) is 5.73 Å². The van der Waals surface area contributed by atoms with Crippen molar-refractivity contribution in [2.45, 2.75) is 25.1 Å². The average molecular weight is 304 g/mol. The normalized spacial score (nSPS) is 19.4. The highest BCUT2D eigenvalue weighted by molar-refractivity contribution is 7.99. The summed E-state index contributed by atoms with van der Waals surface area (Å²) in [7, 11) is 1.75. The fourth-order valence-corrected chi connectivity index (χ4v) is 3.73. The topological polar surface area (TPSA) is 29.3 Å². The van der Waals surface area contributed by atoms with Gasteiger partial charge < -0.3 is 10.6 Å². The number of nitrogens with zero attached hydrogens (tertiary/aromatic N) is 1. The zero-order valence-corrected chi connectivity index (χ0v) is 12.2. The zero-order chi connectivity index (χ0) is 14.8. The Bertz CT molecular complexity index is 456. The molecule has 1 atom stereocenters. The Morgan fingerprint density at radius 3 is 2.70 bits per heavy atom. The lowest BCUT2D eigenvalue weighted by atomic mass is 10.0. The van der Waals surface area contributed by atoms with Gasteiger partial charge in [-0.05, 0) is 42.8 Å². The van der Waals surface area contributed by atoms with Crippen molar-refractivity contribution in [1.29, 1.82) is 0 Å². The van der Waals surface area contributed by atoms with Crippen LogP contribution in [0.4, 0.5) is 18.9 Å². The molecule has 20 heavy (non-hydrogen) atoms. The Labute approximate surface area is 121 Å². The maximum absolute atomic E-state index is 13.3. The molecular formula is C14H19F3N2S. The van der Waals surface area contributed by atoms with Crippen LogP contribution in [0.2, 0.25) is 0 Å². The van der Waals surface area contributed by atoms with Crippen molar-refractivity contribution in [2.75, 3.05) is 30.0 Å². The van der Waals surface area contributed by atoms with E-state index in [1.54, 1.807) is 35.8 Å². The highest BCUT2D eigenvalue weighted by atomic mass is 32.2. The Balaban J connectivity index is 2.35. The summed E-state index contributed by atoms with van der Waals surface area (Å²) in [5, 5.41) is 0. The van der Waals surface area contributed by atoms with Crippen molar-refractivity contribution in [3.63, 3.8) is 0 Å². The summed E-state index contributed by atoms with van der Waals surface area (Å²) < 4.78 is 39.8. The summed E-state index contributed by atoms with van der Waals surface area (Å²) >= 11 is 1.79. The van der Waals surface area contributed by atoms with Gasteiger partial charge in [0.15, 0.2) is 0 Å². The van der Waals surface area contributed by atoms with Crippen LogP contribution in [0, 0.1) is 0 Å². The van der Waals surface area contributed by atoms with Gasteiger partial charge in [-0.1, -0.05) is 6.07 Å².